The molecule has 0 saturated heterocycles. The average molecular weight is 547 g/mol. The highest BCUT2D eigenvalue weighted by Gasteiger charge is 2.37. The Morgan fingerprint density at radius 2 is 1.97 bits per heavy atom. The molecule has 0 bridgehead atoms. The first-order chi connectivity index (χ1) is 16.6. The van der Waals surface area contributed by atoms with Crippen LogP contribution in [0.3, 0.4) is 0 Å². The van der Waals surface area contributed by atoms with Crippen LogP contribution in [0.2, 0.25) is 0 Å². The molecule has 182 valence electrons. The summed E-state index contributed by atoms with van der Waals surface area (Å²) in [5.74, 6) is -0.132. The predicted octanol–water partition coefficient (Wildman–Crippen LogP) is 5.59. The number of aryl methyl sites for hydroxylation is 2. The Labute approximate surface area is 207 Å². The summed E-state index contributed by atoms with van der Waals surface area (Å²) >= 11 is 3.41. The number of hydrogen-bond donors (Lipinski definition) is 1. The van der Waals surface area contributed by atoms with Gasteiger partial charge in [-0.3, -0.25) is 9.48 Å². The molecule has 0 unspecified atom stereocenters. The highest BCUT2D eigenvalue weighted by molar-refractivity contribution is 9.10. The number of anilines is 1. The van der Waals surface area contributed by atoms with E-state index in [0.717, 1.165) is 30.0 Å². The van der Waals surface area contributed by atoms with Crippen LogP contribution >= 0.6 is 15.9 Å². The highest BCUT2D eigenvalue weighted by Crippen LogP contribution is 2.43. The lowest BCUT2D eigenvalue weighted by Crippen LogP contribution is -2.20. The van der Waals surface area contributed by atoms with Gasteiger partial charge in [0.1, 0.15) is 6.54 Å². The number of pyridine rings is 1. The maximum absolute atomic E-state index is 13.8. The molecule has 11 heteroatoms. The number of benzene rings is 1. The number of hydrogen-bond acceptors (Lipinski definition) is 4. The molecule has 1 aromatic carbocycles. The lowest BCUT2D eigenvalue weighted by atomic mass is 10.1. The second-order valence-corrected chi connectivity index (χ2v) is 9.72. The molecule has 3 aromatic heterocycles. The van der Waals surface area contributed by atoms with Crippen LogP contribution in [-0.2, 0) is 24.1 Å². The van der Waals surface area contributed by atoms with E-state index in [2.05, 4.69) is 42.5 Å². The maximum atomic E-state index is 13.8. The number of amides is 1. The summed E-state index contributed by atoms with van der Waals surface area (Å²) in [6.45, 7) is 3.73. The van der Waals surface area contributed by atoms with Crippen LogP contribution in [0.25, 0.3) is 11.0 Å². The van der Waals surface area contributed by atoms with Gasteiger partial charge in [0.2, 0.25) is 5.91 Å². The van der Waals surface area contributed by atoms with Crippen molar-refractivity contribution in [2.24, 2.45) is 0 Å². The molecule has 1 aliphatic rings. The summed E-state index contributed by atoms with van der Waals surface area (Å²) in [6.07, 6.45) is -1.17. The van der Waals surface area contributed by atoms with Gasteiger partial charge in [-0.2, -0.15) is 23.4 Å². The highest BCUT2D eigenvalue weighted by atomic mass is 79.9. The van der Waals surface area contributed by atoms with Crippen molar-refractivity contribution in [3.05, 3.63) is 69.1 Å². The molecular weight excluding hydrogens is 525 g/mol. The fraction of sp³-hybridized carbons (Fsp3) is 0.333. The molecule has 1 saturated carbocycles. The van der Waals surface area contributed by atoms with Gasteiger partial charge in [0.15, 0.2) is 11.5 Å². The summed E-state index contributed by atoms with van der Waals surface area (Å²) in [5, 5.41) is 11.3. The first-order valence-electron chi connectivity index (χ1n) is 11.1. The minimum atomic E-state index is -4.54. The quantitative estimate of drug-likeness (QED) is 0.342. The minimum Gasteiger partial charge on any atom is -0.307 e. The normalized spacial score (nSPS) is 14.0. The molecule has 3 heterocycles. The summed E-state index contributed by atoms with van der Waals surface area (Å²) in [4.78, 5) is 17.3. The monoisotopic (exact) mass is 546 g/mol. The Bertz CT molecular complexity index is 1440. The van der Waals surface area contributed by atoms with Gasteiger partial charge in [-0.15, -0.1) is 0 Å². The van der Waals surface area contributed by atoms with E-state index in [0.29, 0.717) is 22.5 Å². The molecule has 0 aliphatic heterocycles. The van der Waals surface area contributed by atoms with Crippen molar-refractivity contribution in [1.82, 2.24) is 24.5 Å². The summed E-state index contributed by atoms with van der Waals surface area (Å²) in [7, 11) is 0. The molecule has 1 aliphatic carbocycles. The third-order valence-corrected chi connectivity index (χ3v) is 6.47. The Morgan fingerprint density at radius 3 is 2.66 bits per heavy atom. The van der Waals surface area contributed by atoms with E-state index in [1.54, 1.807) is 10.9 Å². The number of alkyl halides is 3. The van der Waals surface area contributed by atoms with Crippen LogP contribution < -0.4 is 5.32 Å². The van der Waals surface area contributed by atoms with Crippen molar-refractivity contribution in [1.29, 1.82) is 0 Å². The van der Waals surface area contributed by atoms with E-state index in [4.69, 9.17) is 0 Å². The van der Waals surface area contributed by atoms with Crippen molar-refractivity contribution < 1.29 is 18.0 Å². The van der Waals surface area contributed by atoms with E-state index in [9.17, 15) is 18.0 Å². The van der Waals surface area contributed by atoms with Crippen molar-refractivity contribution in [3.8, 4) is 0 Å². The first-order valence-corrected chi connectivity index (χ1v) is 11.9. The van der Waals surface area contributed by atoms with Crippen LogP contribution in [0.4, 0.5) is 19.0 Å². The molecule has 1 amide bonds. The fourth-order valence-electron chi connectivity index (χ4n) is 4.16. The number of nitrogens with one attached hydrogen (secondary N) is 1. The smallest absolute Gasteiger partial charge is 0.307 e. The number of carbonyl (C=O) groups is 1. The second-order valence-electron chi connectivity index (χ2n) is 8.87. The van der Waals surface area contributed by atoms with Crippen LogP contribution in [0.1, 0.15) is 46.8 Å². The van der Waals surface area contributed by atoms with Crippen LogP contribution in [0.5, 0.6) is 0 Å². The van der Waals surface area contributed by atoms with E-state index >= 15 is 0 Å². The molecule has 7 nitrogen and oxygen atoms in total. The number of fused-ring (bicyclic) bond motifs is 1. The van der Waals surface area contributed by atoms with Gasteiger partial charge in [0.05, 0.1) is 27.7 Å². The fourth-order valence-corrected chi connectivity index (χ4v) is 4.58. The SMILES string of the molecule is Cc1cccc(Cn2cc(Br)c(NC(=O)Cn3nc(C)c4c(C(F)(F)F)cc(C5CC5)nc43)n2)c1. The molecule has 35 heavy (non-hydrogen) atoms. The first kappa shape index (κ1) is 23.5. The van der Waals surface area contributed by atoms with Gasteiger partial charge < -0.3 is 5.32 Å². The molecule has 4 aromatic rings. The topological polar surface area (TPSA) is 77.6 Å². The summed E-state index contributed by atoms with van der Waals surface area (Å²) < 4.78 is 44.9. The van der Waals surface area contributed by atoms with Gasteiger partial charge >= 0.3 is 6.18 Å². The van der Waals surface area contributed by atoms with Gasteiger partial charge in [0, 0.05) is 17.8 Å². The number of rotatable bonds is 6. The number of halogens is 4. The van der Waals surface area contributed by atoms with Crippen LogP contribution in [0, 0.1) is 13.8 Å². The Hall–Kier alpha value is -3.21. The predicted molar refractivity (Wildman–Crippen MR) is 128 cm³/mol. The number of carbonyl (C=O) groups excluding carboxylic acids is 1. The number of aromatic nitrogens is 5. The molecule has 0 atom stereocenters. The molecule has 5 rings (SSSR count). The van der Waals surface area contributed by atoms with Crippen LogP contribution in [-0.4, -0.2) is 30.5 Å². The van der Waals surface area contributed by atoms with Gasteiger partial charge in [-0.25, -0.2) is 9.67 Å². The second kappa shape index (κ2) is 8.78. The van der Waals surface area contributed by atoms with Crippen LogP contribution in [0.15, 0.2) is 41.0 Å². The Kier molecular flexibility index (Phi) is 5.90. The third kappa shape index (κ3) is 4.95. The zero-order valence-corrected chi connectivity index (χ0v) is 20.6. The molecule has 0 radical (unpaired) electrons. The van der Waals surface area contributed by atoms with Crippen molar-refractivity contribution in [3.63, 3.8) is 0 Å². The molecular formula is C24H22BrF3N6O. The summed E-state index contributed by atoms with van der Waals surface area (Å²) in [5.41, 5.74) is 2.08. The largest absolute Gasteiger partial charge is 0.417 e. The van der Waals surface area contributed by atoms with E-state index in [-0.39, 0.29) is 29.2 Å². The molecule has 0 spiro atoms. The third-order valence-electron chi connectivity index (χ3n) is 5.89. The van der Waals surface area contributed by atoms with Crippen molar-refractivity contribution in [2.75, 3.05) is 5.32 Å². The van der Waals surface area contributed by atoms with Gasteiger partial charge in [0.25, 0.3) is 0 Å². The van der Waals surface area contributed by atoms with Gasteiger partial charge in [-0.05, 0) is 54.2 Å². The minimum absolute atomic E-state index is 0.0197. The lowest BCUT2D eigenvalue weighted by molar-refractivity contribution is -0.136. The standard InChI is InChI=1S/C24H22BrF3N6O/c1-13-4-3-5-15(8-13)10-33-11-18(25)22(32-33)30-20(35)12-34-23-21(14(2)31-34)17(24(26,27)28)9-19(29-23)16-6-7-16/h3-5,8-9,11,16H,6-7,10,12H2,1-2H3,(H,30,32,35). The average Bonchev–Trinajstić information content (AvgIpc) is 3.50. The Morgan fingerprint density at radius 1 is 1.20 bits per heavy atom. The molecule has 1 N–H and O–H groups in total. The van der Waals surface area contributed by atoms with E-state index in [1.165, 1.54) is 11.6 Å². The summed E-state index contributed by atoms with van der Waals surface area (Å²) in [6, 6.07) is 9.14. The lowest BCUT2D eigenvalue weighted by Gasteiger charge is -2.11. The van der Waals surface area contributed by atoms with E-state index < -0.39 is 17.6 Å². The van der Waals surface area contributed by atoms with Gasteiger partial charge in [-0.1, -0.05) is 29.8 Å². The van der Waals surface area contributed by atoms with Crippen molar-refractivity contribution >= 4 is 38.7 Å². The van der Waals surface area contributed by atoms with Crippen molar-refractivity contribution in [2.45, 2.75) is 51.9 Å². The number of nitrogens with zero attached hydrogens (tertiary/aromatic N) is 5. The zero-order chi connectivity index (χ0) is 24.9. The Balaban J connectivity index is 1.39. The zero-order valence-electron chi connectivity index (χ0n) is 19.0. The maximum Gasteiger partial charge on any atom is 0.417 e. The van der Waals surface area contributed by atoms with E-state index in [1.807, 2.05) is 25.1 Å². The molecule has 1 fully saturated rings.